The lowest BCUT2D eigenvalue weighted by molar-refractivity contribution is 0.0954. The van der Waals surface area contributed by atoms with Gasteiger partial charge in [0.1, 0.15) is 17.1 Å². The number of hydrogen-bond acceptors (Lipinski definition) is 5. The van der Waals surface area contributed by atoms with Gasteiger partial charge in [0.2, 0.25) is 0 Å². The number of aryl methyl sites for hydroxylation is 1. The van der Waals surface area contributed by atoms with Crippen LogP contribution in [0.3, 0.4) is 0 Å². The summed E-state index contributed by atoms with van der Waals surface area (Å²) in [6, 6.07) is 29.9. The van der Waals surface area contributed by atoms with Crippen LogP contribution in [0.2, 0.25) is 0 Å². The highest BCUT2D eigenvalue weighted by Crippen LogP contribution is 2.30. The molecule has 0 unspecified atom stereocenters. The Labute approximate surface area is 232 Å². The number of anilines is 1. The Kier molecular flexibility index (Phi) is 7.02. The van der Waals surface area contributed by atoms with Crippen LogP contribution in [0.25, 0.3) is 32.7 Å². The Balaban J connectivity index is 1.22. The van der Waals surface area contributed by atoms with Crippen LogP contribution < -0.4 is 15.8 Å². The van der Waals surface area contributed by atoms with E-state index in [0.29, 0.717) is 24.3 Å². The summed E-state index contributed by atoms with van der Waals surface area (Å²) in [5, 5.41) is 6.17. The van der Waals surface area contributed by atoms with E-state index in [4.69, 9.17) is 15.5 Å². The zero-order chi connectivity index (χ0) is 27.5. The van der Waals surface area contributed by atoms with Crippen LogP contribution in [-0.4, -0.2) is 34.1 Å². The number of pyridine rings is 1. The Bertz CT molecular complexity index is 1820. The monoisotopic (exact) mass is 529 g/mol. The number of unbranched alkanes of at least 4 members (excludes halogenated alkanes) is 1. The van der Waals surface area contributed by atoms with Crippen molar-refractivity contribution < 1.29 is 9.53 Å². The molecule has 40 heavy (non-hydrogen) atoms. The van der Waals surface area contributed by atoms with E-state index >= 15 is 0 Å². The molecule has 0 radical (unpaired) electrons. The maximum absolute atomic E-state index is 13.0. The maximum Gasteiger partial charge on any atom is 0.251 e. The molecule has 7 nitrogen and oxygen atoms in total. The van der Waals surface area contributed by atoms with Crippen molar-refractivity contribution in [2.75, 3.05) is 19.4 Å². The number of rotatable bonds is 9. The van der Waals surface area contributed by atoms with E-state index in [1.54, 1.807) is 7.11 Å². The lowest BCUT2D eigenvalue weighted by Gasteiger charge is -2.12. The highest BCUT2D eigenvalue weighted by Gasteiger charge is 2.18. The third-order valence-corrected chi connectivity index (χ3v) is 7.34. The quantitative estimate of drug-likeness (QED) is 0.220. The predicted octanol–water partition coefficient (Wildman–Crippen LogP) is 6.13. The standard InChI is InChI=1S/C33H31N5O2/c1-40-24-17-15-22(16-18-24)21-29-37-30-31(27-12-4-5-14-28(27)36-32(30)34)38(29)20-7-6-19-35-33(39)26-13-8-10-23-9-2-3-11-25(23)26/h2-5,8-18H,6-7,19-21H2,1H3,(H2,34,36)(H,35,39). The van der Waals surface area contributed by atoms with Crippen molar-refractivity contribution in [3.05, 3.63) is 108 Å². The number of nitrogens with two attached hydrogens (primary N) is 1. The summed E-state index contributed by atoms with van der Waals surface area (Å²) in [4.78, 5) is 22.5. The number of para-hydroxylation sites is 1. The van der Waals surface area contributed by atoms with Crippen molar-refractivity contribution >= 4 is 44.4 Å². The van der Waals surface area contributed by atoms with Crippen LogP contribution in [0.15, 0.2) is 91.0 Å². The third kappa shape index (κ3) is 4.94. The number of nitrogen functional groups attached to an aromatic ring is 1. The van der Waals surface area contributed by atoms with E-state index in [-0.39, 0.29) is 5.91 Å². The summed E-state index contributed by atoms with van der Waals surface area (Å²) in [6.45, 7) is 1.34. The Morgan fingerprint density at radius 1 is 0.875 bits per heavy atom. The predicted molar refractivity (Wildman–Crippen MR) is 161 cm³/mol. The van der Waals surface area contributed by atoms with Crippen LogP contribution in [0.5, 0.6) is 5.75 Å². The first-order chi connectivity index (χ1) is 19.6. The minimum absolute atomic E-state index is 0.0464. The van der Waals surface area contributed by atoms with Crippen molar-refractivity contribution in [3.63, 3.8) is 0 Å². The number of methoxy groups -OCH3 is 1. The average Bonchev–Trinajstić information content (AvgIpc) is 3.35. The van der Waals surface area contributed by atoms with E-state index in [0.717, 1.165) is 69.2 Å². The first kappa shape index (κ1) is 25.4. The van der Waals surface area contributed by atoms with Crippen LogP contribution in [-0.2, 0) is 13.0 Å². The van der Waals surface area contributed by atoms with Crippen molar-refractivity contribution in [2.24, 2.45) is 0 Å². The summed E-state index contributed by atoms with van der Waals surface area (Å²) in [5.74, 6) is 2.15. The number of ether oxygens (including phenoxy) is 1. The number of nitrogens with one attached hydrogen (secondary N) is 1. The molecule has 1 amide bonds. The molecule has 7 heteroatoms. The fourth-order valence-electron chi connectivity index (χ4n) is 5.32. The van der Waals surface area contributed by atoms with Gasteiger partial charge in [-0.05, 0) is 53.4 Å². The second-order valence-corrected chi connectivity index (χ2v) is 9.91. The van der Waals surface area contributed by atoms with Crippen molar-refractivity contribution in [1.82, 2.24) is 19.9 Å². The van der Waals surface area contributed by atoms with Crippen molar-refractivity contribution in [2.45, 2.75) is 25.8 Å². The fraction of sp³-hybridized carbons (Fsp3) is 0.182. The molecule has 0 bridgehead atoms. The van der Waals surface area contributed by atoms with Crippen LogP contribution in [0.4, 0.5) is 5.82 Å². The number of amides is 1. The molecule has 2 heterocycles. The number of benzene rings is 4. The molecular formula is C33H31N5O2. The number of carbonyl (C=O) groups is 1. The number of aromatic nitrogens is 3. The molecule has 0 aliphatic rings. The molecule has 0 aliphatic heterocycles. The molecule has 0 aliphatic carbocycles. The molecule has 6 rings (SSSR count). The largest absolute Gasteiger partial charge is 0.497 e. The molecule has 3 N–H and O–H groups in total. The average molecular weight is 530 g/mol. The fourth-order valence-corrected chi connectivity index (χ4v) is 5.32. The minimum Gasteiger partial charge on any atom is -0.497 e. The molecule has 6 aromatic rings. The summed E-state index contributed by atoms with van der Waals surface area (Å²) in [7, 11) is 1.67. The van der Waals surface area contributed by atoms with Gasteiger partial charge in [0, 0.05) is 30.5 Å². The lowest BCUT2D eigenvalue weighted by Crippen LogP contribution is -2.24. The molecule has 0 atom stereocenters. The minimum atomic E-state index is -0.0464. The smallest absolute Gasteiger partial charge is 0.251 e. The molecule has 2 aromatic heterocycles. The summed E-state index contributed by atoms with van der Waals surface area (Å²) < 4.78 is 7.59. The third-order valence-electron chi connectivity index (χ3n) is 7.34. The van der Waals surface area contributed by atoms with Gasteiger partial charge in [0.15, 0.2) is 5.82 Å². The Morgan fingerprint density at radius 3 is 2.45 bits per heavy atom. The van der Waals surface area contributed by atoms with E-state index in [2.05, 4.69) is 33.1 Å². The van der Waals surface area contributed by atoms with Gasteiger partial charge in [0.25, 0.3) is 5.91 Å². The second kappa shape index (κ2) is 11.1. The SMILES string of the molecule is COc1ccc(Cc2nc3c(N)nc4ccccc4c3n2CCCCNC(=O)c2cccc3ccccc23)cc1. The molecular weight excluding hydrogens is 498 g/mol. The maximum atomic E-state index is 13.0. The molecule has 0 fully saturated rings. The Morgan fingerprint density at radius 2 is 1.62 bits per heavy atom. The Hall–Kier alpha value is -4.91. The molecule has 0 saturated carbocycles. The number of nitrogens with zero attached hydrogens (tertiary/aromatic N) is 3. The van der Waals surface area contributed by atoms with Crippen LogP contribution >= 0.6 is 0 Å². The van der Waals surface area contributed by atoms with Crippen molar-refractivity contribution in [3.8, 4) is 5.75 Å². The van der Waals surface area contributed by atoms with Crippen molar-refractivity contribution in [1.29, 1.82) is 0 Å². The van der Waals surface area contributed by atoms with Gasteiger partial charge < -0.3 is 20.4 Å². The van der Waals surface area contributed by atoms with E-state index in [1.807, 2.05) is 72.8 Å². The first-order valence-corrected chi connectivity index (χ1v) is 13.5. The van der Waals surface area contributed by atoms with Gasteiger partial charge in [0.05, 0.1) is 18.1 Å². The van der Waals surface area contributed by atoms with Gasteiger partial charge in [-0.2, -0.15) is 0 Å². The summed E-state index contributed by atoms with van der Waals surface area (Å²) >= 11 is 0. The molecule has 200 valence electrons. The van der Waals surface area contributed by atoms with E-state index in [1.165, 1.54) is 0 Å². The van der Waals surface area contributed by atoms with Crippen LogP contribution in [0, 0.1) is 0 Å². The topological polar surface area (TPSA) is 95.1 Å². The van der Waals surface area contributed by atoms with Gasteiger partial charge in [-0.15, -0.1) is 0 Å². The molecule has 0 spiro atoms. The second-order valence-electron chi connectivity index (χ2n) is 9.91. The lowest BCUT2D eigenvalue weighted by atomic mass is 10.0. The highest BCUT2D eigenvalue weighted by atomic mass is 16.5. The number of hydrogen-bond donors (Lipinski definition) is 2. The highest BCUT2D eigenvalue weighted by molar-refractivity contribution is 6.07. The van der Waals surface area contributed by atoms with Crippen LogP contribution in [0.1, 0.15) is 34.6 Å². The zero-order valence-electron chi connectivity index (χ0n) is 22.4. The van der Waals surface area contributed by atoms with Gasteiger partial charge in [-0.25, -0.2) is 9.97 Å². The summed E-state index contributed by atoms with van der Waals surface area (Å²) in [5.41, 5.74) is 10.8. The normalized spacial score (nSPS) is 11.3. The van der Waals surface area contributed by atoms with E-state index in [9.17, 15) is 4.79 Å². The molecule has 4 aromatic carbocycles. The van der Waals surface area contributed by atoms with E-state index < -0.39 is 0 Å². The number of carbonyl (C=O) groups excluding carboxylic acids is 1. The van der Waals surface area contributed by atoms with Gasteiger partial charge in [-0.1, -0.05) is 66.7 Å². The number of imidazole rings is 1. The number of fused-ring (bicyclic) bond motifs is 4. The zero-order valence-corrected chi connectivity index (χ0v) is 22.4. The molecule has 0 saturated heterocycles. The van der Waals surface area contributed by atoms with Gasteiger partial charge >= 0.3 is 0 Å². The first-order valence-electron chi connectivity index (χ1n) is 13.5. The summed E-state index contributed by atoms with van der Waals surface area (Å²) in [6.07, 6.45) is 2.36. The van der Waals surface area contributed by atoms with Gasteiger partial charge in [-0.3, -0.25) is 4.79 Å².